The van der Waals surface area contributed by atoms with Crippen molar-refractivity contribution in [1.29, 1.82) is 0 Å². The average molecular weight is 239 g/mol. The third kappa shape index (κ3) is 3.97. The molecule has 0 saturated carbocycles. The predicted octanol–water partition coefficient (Wildman–Crippen LogP) is 3.09. The maximum atomic E-state index is 5.78. The van der Waals surface area contributed by atoms with Gasteiger partial charge in [0.1, 0.15) is 5.75 Å². The van der Waals surface area contributed by atoms with E-state index in [2.05, 4.69) is 43.5 Å². The first-order valence-corrected chi connectivity index (χ1v) is 6.09. The fraction of sp³-hybridized carbons (Fsp3) is 0.538. The number of anilines is 1. The standard InChI is InChI=1S/C13H21NOS/c1-13(2,10-16)9-15-12-7-5-6-11(8-12)14(3)4/h5-8,16H,9-10H2,1-4H3. The minimum Gasteiger partial charge on any atom is -0.493 e. The van der Waals surface area contributed by atoms with Crippen molar-refractivity contribution < 1.29 is 4.74 Å². The first-order valence-electron chi connectivity index (χ1n) is 5.46. The summed E-state index contributed by atoms with van der Waals surface area (Å²) in [5.74, 6) is 1.74. The number of benzene rings is 1. The molecule has 1 aromatic rings. The summed E-state index contributed by atoms with van der Waals surface area (Å²) in [6.45, 7) is 4.99. The van der Waals surface area contributed by atoms with E-state index < -0.39 is 0 Å². The van der Waals surface area contributed by atoms with Crippen molar-refractivity contribution in [3.8, 4) is 5.75 Å². The van der Waals surface area contributed by atoms with Gasteiger partial charge in [-0.2, -0.15) is 12.6 Å². The highest BCUT2D eigenvalue weighted by atomic mass is 32.1. The van der Waals surface area contributed by atoms with Crippen LogP contribution in [0.4, 0.5) is 5.69 Å². The zero-order chi connectivity index (χ0) is 12.2. The van der Waals surface area contributed by atoms with E-state index in [0.717, 1.165) is 17.2 Å². The van der Waals surface area contributed by atoms with Crippen LogP contribution in [-0.4, -0.2) is 26.5 Å². The van der Waals surface area contributed by atoms with E-state index in [4.69, 9.17) is 4.74 Å². The molecule has 0 atom stereocenters. The Morgan fingerprint density at radius 1 is 1.31 bits per heavy atom. The van der Waals surface area contributed by atoms with E-state index in [0.29, 0.717) is 6.61 Å². The molecule has 0 heterocycles. The molecule has 0 aliphatic heterocycles. The number of rotatable bonds is 5. The van der Waals surface area contributed by atoms with Crippen molar-refractivity contribution in [3.05, 3.63) is 24.3 Å². The van der Waals surface area contributed by atoms with Gasteiger partial charge in [0, 0.05) is 31.3 Å². The van der Waals surface area contributed by atoms with Crippen LogP contribution in [0.3, 0.4) is 0 Å². The fourth-order valence-corrected chi connectivity index (χ4v) is 1.27. The monoisotopic (exact) mass is 239 g/mol. The van der Waals surface area contributed by atoms with Crippen LogP contribution in [0.5, 0.6) is 5.75 Å². The molecule has 0 aliphatic rings. The van der Waals surface area contributed by atoms with Gasteiger partial charge in [0.15, 0.2) is 0 Å². The molecule has 2 nitrogen and oxygen atoms in total. The average Bonchev–Trinajstić information content (AvgIpc) is 2.27. The highest BCUT2D eigenvalue weighted by Crippen LogP contribution is 2.23. The minimum atomic E-state index is 0.108. The van der Waals surface area contributed by atoms with E-state index in [1.807, 2.05) is 26.2 Å². The summed E-state index contributed by atoms with van der Waals surface area (Å²) in [6.07, 6.45) is 0. The lowest BCUT2D eigenvalue weighted by molar-refractivity contribution is 0.202. The summed E-state index contributed by atoms with van der Waals surface area (Å²) in [4.78, 5) is 2.07. The Morgan fingerprint density at radius 2 is 2.00 bits per heavy atom. The largest absolute Gasteiger partial charge is 0.493 e. The highest BCUT2D eigenvalue weighted by Gasteiger charge is 2.16. The summed E-state index contributed by atoms with van der Waals surface area (Å²) in [5, 5.41) is 0. The van der Waals surface area contributed by atoms with Crippen LogP contribution < -0.4 is 9.64 Å². The number of hydrogen-bond donors (Lipinski definition) is 1. The van der Waals surface area contributed by atoms with Gasteiger partial charge in [-0.05, 0) is 17.9 Å². The first-order chi connectivity index (χ1) is 7.44. The van der Waals surface area contributed by atoms with Gasteiger partial charge in [0.05, 0.1) is 6.61 Å². The molecule has 0 spiro atoms. The Balaban J connectivity index is 2.64. The van der Waals surface area contributed by atoms with E-state index in [1.54, 1.807) is 0 Å². The Kier molecular flexibility index (Phi) is 4.54. The Morgan fingerprint density at radius 3 is 2.56 bits per heavy atom. The van der Waals surface area contributed by atoms with Crippen molar-refractivity contribution in [1.82, 2.24) is 0 Å². The number of hydrogen-bond acceptors (Lipinski definition) is 3. The number of nitrogens with zero attached hydrogens (tertiary/aromatic N) is 1. The van der Waals surface area contributed by atoms with Crippen LogP contribution >= 0.6 is 12.6 Å². The van der Waals surface area contributed by atoms with Gasteiger partial charge >= 0.3 is 0 Å². The number of thiol groups is 1. The van der Waals surface area contributed by atoms with Crippen LogP contribution in [0.15, 0.2) is 24.3 Å². The molecule has 0 fully saturated rings. The second kappa shape index (κ2) is 5.48. The fourth-order valence-electron chi connectivity index (χ4n) is 1.18. The molecular formula is C13H21NOS. The molecule has 90 valence electrons. The zero-order valence-corrected chi connectivity index (χ0v) is 11.4. The summed E-state index contributed by atoms with van der Waals surface area (Å²) in [5.41, 5.74) is 1.26. The smallest absolute Gasteiger partial charge is 0.121 e. The van der Waals surface area contributed by atoms with Crippen LogP contribution in [0, 0.1) is 5.41 Å². The lowest BCUT2D eigenvalue weighted by Crippen LogP contribution is -2.23. The topological polar surface area (TPSA) is 12.5 Å². The van der Waals surface area contributed by atoms with Crippen molar-refractivity contribution in [2.24, 2.45) is 5.41 Å². The van der Waals surface area contributed by atoms with Crippen LogP contribution in [0.25, 0.3) is 0 Å². The lowest BCUT2D eigenvalue weighted by Gasteiger charge is -2.22. The SMILES string of the molecule is CN(C)c1cccc(OCC(C)(C)CS)c1. The van der Waals surface area contributed by atoms with Gasteiger partial charge in [0.25, 0.3) is 0 Å². The second-order valence-corrected chi connectivity index (χ2v) is 5.32. The van der Waals surface area contributed by atoms with Crippen molar-refractivity contribution >= 4 is 18.3 Å². The molecule has 0 saturated heterocycles. The third-order valence-electron chi connectivity index (χ3n) is 2.39. The molecule has 1 rings (SSSR count). The normalized spacial score (nSPS) is 11.3. The Bertz CT molecular complexity index is 336. The van der Waals surface area contributed by atoms with E-state index in [1.165, 1.54) is 0 Å². The molecule has 1 aromatic carbocycles. The molecule has 0 radical (unpaired) electrons. The maximum absolute atomic E-state index is 5.78. The van der Waals surface area contributed by atoms with Gasteiger partial charge in [-0.25, -0.2) is 0 Å². The molecule has 0 amide bonds. The van der Waals surface area contributed by atoms with Gasteiger partial charge in [0.2, 0.25) is 0 Å². The van der Waals surface area contributed by atoms with Crippen molar-refractivity contribution in [3.63, 3.8) is 0 Å². The zero-order valence-electron chi connectivity index (χ0n) is 10.5. The van der Waals surface area contributed by atoms with Crippen molar-refractivity contribution in [2.75, 3.05) is 31.4 Å². The Hall–Kier alpha value is -0.830. The van der Waals surface area contributed by atoms with Crippen LogP contribution in [-0.2, 0) is 0 Å². The van der Waals surface area contributed by atoms with E-state index in [-0.39, 0.29) is 5.41 Å². The van der Waals surface area contributed by atoms with Gasteiger partial charge in [-0.15, -0.1) is 0 Å². The first kappa shape index (κ1) is 13.2. The van der Waals surface area contributed by atoms with E-state index in [9.17, 15) is 0 Å². The van der Waals surface area contributed by atoms with E-state index >= 15 is 0 Å². The quantitative estimate of drug-likeness (QED) is 0.793. The summed E-state index contributed by atoms with van der Waals surface area (Å²) >= 11 is 4.31. The molecule has 16 heavy (non-hydrogen) atoms. The molecule has 0 bridgehead atoms. The van der Waals surface area contributed by atoms with Gasteiger partial charge in [-0.3, -0.25) is 0 Å². The van der Waals surface area contributed by atoms with Gasteiger partial charge in [-0.1, -0.05) is 19.9 Å². The predicted molar refractivity (Wildman–Crippen MR) is 73.9 cm³/mol. The summed E-state index contributed by atoms with van der Waals surface area (Å²) in [7, 11) is 4.05. The minimum absolute atomic E-state index is 0.108. The molecule has 0 N–H and O–H groups in total. The summed E-state index contributed by atoms with van der Waals surface area (Å²) in [6, 6.07) is 8.12. The van der Waals surface area contributed by atoms with Crippen LogP contribution in [0.1, 0.15) is 13.8 Å². The summed E-state index contributed by atoms with van der Waals surface area (Å²) < 4.78 is 5.78. The highest BCUT2D eigenvalue weighted by molar-refractivity contribution is 7.80. The molecule has 0 aromatic heterocycles. The second-order valence-electron chi connectivity index (χ2n) is 5.00. The molecular weight excluding hydrogens is 218 g/mol. The Labute approximate surface area is 104 Å². The van der Waals surface area contributed by atoms with Gasteiger partial charge < -0.3 is 9.64 Å². The van der Waals surface area contributed by atoms with Crippen LogP contribution in [0.2, 0.25) is 0 Å². The molecule has 0 unspecified atom stereocenters. The maximum Gasteiger partial charge on any atom is 0.121 e. The number of ether oxygens (including phenoxy) is 1. The lowest BCUT2D eigenvalue weighted by atomic mass is 9.98. The molecule has 0 aliphatic carbocycles. The third-order valence-corrected chi connectivity index (χ3v) is 3.25. The molecule has 3 heteroatoms. The van der Waals surface area contributed by atoms with Crippen molar-refractivity contribution in [2.45, 2.75) is 13.8 Å².